The molecule has 0 fully saturated rings. The summed E-state index contributed by atoms with van der Waals surface area (Å²) in [5.41, 5.74) is 7.24. The summed E-state index contributed by atoms with van der Waals surface area (Å²) in [7, 11) is 0. The first-order valence-electron chi connectivity index (χ1n) is 10.9. The van der Waals surface area contributed by atoms with Gasteiger partial charge in [0, 0.05) is 21.9 Å². The summed E-state index contributed by atoms with van der Waals surface area (Å²) in [5.74, 6) is 0.661. The van der Waals surface area contributed by atoms with Crippen molar-refractivity contribution in [3.8, 4) is 22.4 Å². The van der Waals surface area contributed by atoms with Gasteiger partial charge in [0.2, 0.25) is 0 Å². The monoisotopic (exact) mass is 483 g/mol. The van der Waals surface area contributed by atoms with E-state index in [-0.39, 0.29) is 5.56 Å². The quantitative estimate of drug-likeness (QED) is 0.212. The summed E-state index contributed by atoms with van der Waals surface area (Å²) in [5, 5.41) is 1.73. The van der Waals surface area contributed by atoms with Crippen LogP contribution in [0.15, 0.2) is 88.8 Å². The van der Waals surface area contributed by atoms with Gasteiger partial charge in [0.05, 0.1) is 11.1 Å². The molecule has 2 aromatic heterocycles. The number of rotatable bonds is 5. The molecule has 0 bridgehead atoms. The van der Waals surface area contributed by atoms with E-state index in [9.17, 15) is 4.79 Å². The van der Waals surface area contributed by atoms with Crippen LogP contribution < -0.4 is 5.56 Å². The Hall–Kier alpha value is -3.41. The fourth-order valence-electron chi connectivity index (χ4n) is 3.75. The normalized spacial score (nSPS) is 11.1. The van der Waals surface area contributed by atoms with E-state index in [4.69, 9.17) is 21.6 Å². The molecular weight excluding hydrogens is 462 g/mol. The zero-order valence-corrected chi connectivity index (χ0v) is 20.4. The lowest BCUT2D eigenvalue weighted by atomic mass is 9.99. The van der Waals surface area contributed by atoms with E-state index < -0.39 is 0 Å². The third-order valence-electron chi connectivity index (χ3n) is 5.65. The largest absolute Gasteiger partial charge is 0.301 e. The van der Waals surface area contributed by atoms with E-state index in [0.29, 0.717) is 27.0 Å². The lowest BCUT2D eigenvalue weighted by molar-refractivity contribution is 0.961. The highest BCUT2D eigenvalue weighted by Crippen LogP contribution is 2.31. The fourth-order valence-corrected chi connectivity index (χ4v) is 4.69. The van der Waals surface area contributed by atoms with Crippen molar-refractivity contribution in [2.75, 3.05) is 0 Å². The number of hydrogen-bond donors (Lipinski definition) is 1. The van der Waals surface area contributed by atoms with Crippen molar-refractivity contribution >= 4 is 34.4 Å². The van der Waals surface area contributed by atoms with Crippen molar-refractivity contribution in [3.05, 3.63) is 111 Å². The summed E-state index contributed by atoms with van der Waals surface area (Å²) >= 11 is 7.45. The highest BCUT2D eigenvalue weighted by molar-refractivity contribution is 7.98. The number of nitrogens with zero attached hydrogens (tertiary/aromatic N) is 2. The van der Waals surface area contributed by atoms with Gasteiger partial charge in [-0.1, -0.05) is 95.2 Å². The Morgan fingerprint density at radius 3 is 2.09 bits per heavy atom. The second-order valence-electron chi connectivity index (χ2n) is 8.27. The zero-order valence-electron chi connectivity index (χ0n) is 18.8. The average Bonchev–Trinajstić information content (AvgIpc) is 2.84. The molecule has 1 N–H and O–H groups in total. The van der Waals surface area contributed by atoms with Gasteiger partial charge in [-0.15, -0.1) is 0 Å². The molecule has 3 aromatic carbocycles. The van der Waals surface area contributed by atoms with Gasteiger partial charge in [0.15, 0.2) is 10.8 Å². The van der Waals surface area contributed by atoms with Gasteiger partial charge in [0.1, 0.15) is 0 Å². The molecule has 4 nitrogen and oxygen atoms in total. The summed E-state index contributed by atoms with van der Waals surface area (Å²) in [4.78, 5) is 25.7. The summed E-state index contributed by atoms with van der Waals surface area (Å²) in [6, 6.07) is 26.0. The predicted octanol–water partition coefficient (Wildman–Crippen LogP) is 7.21. The number of thioether (sulfide) groups is 1. The molecule has 168 valence electrons. The van der Waals surface area contributed by atoms with Gasteiger partial charge < -0.3 is 4.98 Å². The van der Waals surface area contributed by atoms with Crippen LogP contribution in [0.4, 0.5) is 0 Å². The van der Waals surface area contributed by atoms with Crippen molar-refractivity contribution in [2.24, 2.45) is 0 Å². The van der Waals surface area contributed by atoms with Crippen molar-refractivity contribution in [2.45, 2.75) is 24.8 Å². The van der Waals surface area contributed by atoms with Crippen molar-refractivity contribution in [1.82, 2.24) is 15.0 Å². The topological polar surface area (TPSA) is 58.6 Å². The lowest BCUT2D eigenvalue weighted by Crippen LogP contribution is -2.12. The first-order chi connectivity index (χ1) is 16.5. The number of aryl methyl sites for hydroxylation is 2. The molecule has 0 aliphatic carbocycles. The van der Waals surface area contributed by atoms with Crippen LogP contribution in [0, 0.1) is 13.8 Å². The third kappa shape index (κ3) is 4.76. The standard InChI is InChI=1S/C28H22ClN3OS/c1-17-3-9-20(10-4-17)23-15-24(21-11-5-18(2)6-12-21)30-26-25(23)27(33)32-28(31-26)34-16-19-7-13-22(29)14-8-19/h3-15H,16H2,1-2H3,(H,30,31,32,33). The summed E-state index contributed by atoms with van der Waals surface area (Å²) < 4.78 is 0. The van der Waals surface area contributed by atoms with E-state index in [1.54, 1.807) is 0 Å². The highest BCUT2D eigenvalue weighted by atomic mass is 35.5. The number of benzene rings is 3. The smallest absolute Gasteiger partial charge is 0.261 e. The molecule has 34 heavy (non-hydrogen) atoms. The second kappa shape index (κ2) is 9.45. The fraction of sp³-hybridized carbons (Fsp3) is 0.107. The van der Waals surface area contributed by atoms with Crippen LogP contribution in [-0.2, 0) is 5.75 Å². The van der Waals surface area contributed by atoms with E-state index in [2.05, 4.69) is 24.0 Å². The number of H-pyrrole nitrogens is 1. The molecule has 6 heteroatoms. The van der Waals surface area contributed by atoms with Crippen LogP contribution in [0.25, 0.3) is 33.4 Å². The molecule has 0 saturated heterocycles. The summed E-state index contributed by atoms with van der Waals surface area (Å²) in [6.45, 7) is 4.10. The molecule has 0 aliphatic rings. The first kappa shape index (κ1) is 22.4. The SMILES string of the molecule is Cc1ccc(-c2cc(-c3ccc(C)cc3)c3c(=O)[nH]c(SCc4ccc(Cl)cc4)nc3n2)cc1. The van der Waals surface area contributed by atoms with Crippen LogP contribution in [0.2, 0.25) is 5.02 Å². The van der Waals surface area contributed by atoms with Gasteiger partial charge in [-0.2, -0.15) is 0 Å². The van der Waals surface area contributed by atoms with Crippen molar-refractivity contribution in [3.63, 3.8) is 0 Å². The maximum Gasteiger partial charge on any atom is 0.261 e. The van der Waals surface area contributed by atoms with Gasteiger partial charge in [0.25, 0.3) is 5.56 Å². The number of aromatic amines is 1. The minimum Gasteiger partial charge on any atom is -0.301 e. The number of pyridine rings is 1. The Kier molecular flexibility index (Phi) is 6.22. The average molecular weight is 484 g/mol. The molecule has 5 aromatic rings. The Labute approximate surface area is 207 Å². The van der Waals surface area contributed by atoms with Crippen molar-refractivity contribution in [1.29, 1.82) is 0 Å². The zero-order chi connectivity index (χ0) is 23.7. The molecule has 0 saturated carbocycles. The lowest BCUT2D eigenvalue weighted by Gasteiger charge is -2.11. The summed E-state index contributed by atoms with van der Waals surface area (Å²) in [6.07, 6.45) is 0. The molecule has 0 aliphatic heterocycles. The maximum atomic E-state index is 13.2. The van der Waals surface area contributed by atoms with E-state index in [1.807, 2.05) is 73.7 Å². The van der Waals surface area contributed by atoms with Crippen LogP contribution in [0.3, 0.4) is 0 Å². The molecule has 2 heterocycles. The molecular formula is C28H22ClN3OS. The molecule has 0 spiro atoms. The van der Waals surface area contributed by atoms with Crippen molar-refractivity contribution < 1.29 is 0 Å². The Bertz CT molecular complexity index is 1530. The van der Waals surface area contributed by atoms with Crippen LogP contribution in [-0.4, -0.2) is 15.0 Å². The second-order valence-corrected chi connectivity index (χ2v) is 9.67. The van der Waals surface area contributed by atoms with E-state index >= 15 is 0 Å². The Morgan fingerprint density at radius 1 is 0.824 bits per heavy atom. The first-order valence-corrected chi connectivity index (χ1v) is 12.3. The highest BCUT2D eigenvalue weighted by Gasteiger charge is 2.15. The molecule has 0 atom stereocenters. The number of halogens is 1. The number of aromatic nitrogens is 3. The Balaban J connectivity index is 1.63. The van der Waals surface area contributed by atoms with E-state index in [1.165, 1.54) is 17.3 Å². The molecule has 5 rings (SSSR count). The predicted molar refractivity (Wildman–Crippen MR) is 142 cm³/mol. The van der Waals surface area contributed by atoms with Crippen LogP contribution >= 0.6 is 23.4 Å². The van der Waals surface area contributed by atoms with E-state index in [0.717, 1.165) is 33.5 Å². The number of fused-ring (bicyclic) bond motifs is 1. The minimum atomic E-state index is -0.192. The van der Waals surface area contributed by atoms with Gasteiger partial charge in [-0.05, 0) is 43.2 Å². The number of nitrogens with one attached hydrogen (secondary N) is 1. The third-order valence-corrected chi connectivity index (χ3v) is 6.85. The van der Waals surface area contributed by atoms with Gasteiger partial charge in [-0.3, -0.25) is 4.79 Å². The molecule has 0 unspecified atom stereocenters. The maximum absolute atomic E-state index is 13.2. The molecule has 0 amide bonds. The Morgan fingerprint density at radius 2 is 1.44 bits per heavy atom. The molecule has 0 radical (unpaired) electrons. The van der Waals surface area contributed by atoms with Gasteiger partial charge in [-0.25, -0.2) is 9.97 Å². The van der Waals surface area contributed by atoms with Crippen LogP contribution in [0.1, 0.15) is 16.7 Å². The minimum absolute atomic E-state index is 0.192. The van der Waals surface area contributed by atoms with Crippen LogP contribution in [0.5, 0.6) is 0 Å². The van der Waals surface area contributed by atoms with Gasteiger partial charge >= 0.3 is 0 Å². The number of hydrogen-bond acceptors (Lipinski definition) is 4.